The number of thiophene rings is 1. The van der Waals surface area contributed by atoms with Crippen LogP contribution >= 0.6 is 22.9 Å². The van der Waals surface area contributed by atoms with Crippen LogP contribution in [0.4, 0.5) is 0 Å². The molecule has 84 valence electrons. The van der Waals surface area contributed by atoms with Gasteiger partial charge in [-0.05, 0) is 43.7 Å². The molecule has 0 aromatic carbocycles. The summed E-state index contributed by atoms with van der Waals surface area (Å²) in [4.78, 5) is 5.14. The predicted octanol–water partition coefficient (Wildman–Crippen LogP) is 3.50. The Bertz CT molecular complexity index is 489. The van der Waals surface area contributed by atoms with E-state index in [0.29, 0.717) is 4.34 Å². The third-order valence-electron chi connectivity index (χ3n) is 2.28. The lowest BCUT2D eigenvalue weighted by Crippen LogP contribution is -1.99. The van der Waals surface area contributed by atoms with Gasteiger partial charge in [-0.2, -0.15) is 0 Å². The van der Waals surface area contributed by atoms with Gasteiger partial charge in [-0.3, -0.25) is 4.98 Å². The Morgan fingerprint density at radius 2 is 1.88 bits per heavy atom. The van der Waals surface area contributed by atoms with E-state index in [1.165, 1.54) is 11.3 Å². The van der Waals surface area contributed by atoms with Crippen molar-refractivity contribution >= 4 is 22.9 Å². The third-order valence-corrected chi connectivity index (χ3v) is 3.57. The highest BCUT2D eigenvalue weighted by Gasteiger charge is 2.13. The average Bonchev–Trinajstić information content (AvgIpc) is 2.62. The molecule has 0 aliphatic heterocycles. The number of pyridine rings is 1. The number of rotatable bonds is 2. The van der Waals surface area contributed by atoms with Gasteiger partial charge in [-0.1, -0.05) is 11.6 Å². The molecule has 0 radical (unpaired) electrons. The Morgan fingerprint density at radius 1 is 1.25 bits per heavy atom. The first-order chi connectivity index (χ1) is 7.56. The van der Waals surface area contributed by atoms with Crippen LogP contribution in [-0.2, 0) is 0 Å². The zero-order valence-corrected chi connectivity index (χ0v) is 10.6. The van der Waals surface area contributed by atoms with Crippen LogP contribution in [0.5, 0.6) is 0 Å². The first-order valence-electron chi connectivity index (χ1n) is 4.95. The number of aliphatic hydroxyl groups is 1. The number of aromatic nitrogens is 1. The molecule has 0 aliphatic carbocycles. The van der Waals surface area contributed by atoms with Crippen LogP contribution in [-0.4, -0.2) is 10.1 Å². The van der Waals surface area contributed by atoms with Crippen LogP contribution in [0.1, 0.15) is 27.9 Å². The molecular formula is C12H12ClNOS. The van der Waals surface area contributed by atoms with E-state index in [1.54, 1.807) is 6.07 Å². The number of hydrogen-bond donors (Lipinski definition) is 1. The fourth-order valence-electron chi connectivity index (χ4n) is 1.66. The van der Waals surface area contributed by atoms with Crippen LogP contribution < -0.4 is 0 Å². The summed E-state index contributed by atoms with van der Waals surface area (Å²) in [6.07, 6.45) is -0.613. The normalized spacial score (nSPS) is 12.8. The van der Waals surface area contributed by atoms with E-state index < -0.39 is 6.10 Å². The van der Waals surface area contributed by atoms with Gasteiger partial charge in [0.15, 0.2) is 0 Å². The van der Waals surface area contributed by atoms with Crippen LogP contribution in [0.25, 0.3) is 0 Å². The number of aryl methyl sites for hydroxylation is 2. The molecule has 0 aliphatic rings. The molecule has 0 spiro atoms. The zero-order chi connectivity index (χ0) is 11.7. The highest BCUT2D eigenvalue weighted by atomic mass is 35.5. The monoisotopic (exact) mass is 253 g/mol. The molecule has 4 heteroatoms. The molecule has 1 atom stereocenters. The van der Waals surface area contributed by atoms with Crippen molar-refractivity contribution in [3.8, 4) is 0 Å². The highest BCUT2D eigenvalue weighted by molar-refractivity contribution is 7.16. The maximum absolute atomic E-state index is 10.2. The van der Waals surface area contributed by atoms with Crippen LogP contribution in [0.15, 0.2) is 24.3 Å². The van der Waals surface area contributed by atoms with Crippen molar-refractivity contribution in [1.29, 1.82) is 0 Å². The lowest BCUT2D eigenvalue weighted by Gasteiger charge is -2.10. The summed E-state index contributed by atoms with van der Waals surface area (Å²) in [5.41, 5.74) is 2.69. The quantitative estimate of drug-likeness (QED) is 0.889. The first-order valence-corrected chi connectivity index (χ1v) is 6.14. The molecule has 2 heterocycles. The van der Waals surface area contributed by atoms with Gasteiger partial charge >= 0.3 is 0 Å². The summed E-state index contributed by atoms with van der Waals surface area (Å²) in [5, 5.41) is 10.2. The van der Waals surface area contributed by atoms with Crippen LogP contribution in [0, 0.1) is 13.8 Å². The number of halogens is 1. The van der Waals surface area contributed by atoms with Crippen molar-refractivity contribution in [2.24, 2.45) is 0 Å². The maximum atomic E-state index is 10.2. The molecule has 16 heavy (non-hydrogen) atoms. The SMILES string of the molecule is Cc1cc(C(O)c2ccc(Cl)s2)cc(C)n1. The number of hydrogen-bond acceptors (Lipinski definition) is 3. The van der Waals surface area contributed by atoms with Crippen molar-refractivity contribution in [2.75, 3.05) is 0 Å². The standard InChI is InChI=1S/C12H12ClNOS/c1-7-5-9(6-8(2)14-7)12(15)10-3-4-11(13)16-10/h3-6,12,15H,1-2H3. The van der Waals surface area contributed by atoms with Crippen LogP contribution in [0.2, 0.25) is 4.34 Å². The Labute approximate surface area is 104 Å². The van der Waals surface area contributed by atoms with Crippen molar-refractivity contribution in [1.82, 2.24) is 4.98 Å². The summed E-state index contributed by atoms with van der Waals surface area (Å²) < 4.78 is 0.691. The minimum Gasteiger partial charge on any atom is -0.383 e. The second kappa shape index (κ2) is 4.53. The first kappa shape index (κ1) is 11.6. The molecular weight excluding hydrogens is 242 g/mol. The Kier molecular flexibility index (Phi) is 3.28. The minimum absolute atomic E-state index is 0.613. The van der Waals surface area contributed by atoms with Crippen molar-refractivity contribution in [3.05, 3.63) is 50.4 Å². The molecule has 2 aromatic rings. The molecule has 1 N–H and O–H groups in total. The van der Waals surface area contributed by atoms with E-state index in [1.807, 2.05) is 32.0 Å². The molecule has 0 bridgehead atoms. The van der Waals surface area contributed by atoms with Gasteiger partial charge in [-0.25, -0.2) is 0 Å². The van der Waals surface area contributed by atoms with Gasteiger partial charge in [0.05, 0.1) is 4.34 Å². The topological polar surface area (TPSA) is 33.1 Å². The molecule has 2 nitrogen and oxygen atoms in total. The molecule has 1 unspecified atom stereocenters. The second-order valence-corrected chi connectivity index (χ2v) is 5.47. The summed E-state index contributed by atoms with van der Waals surface area (Å²) in [7, 11) is 0. The lowest BCUT2D eigenvalue weighted by molar-refractivity contribution is 0.224. The molecule has 0 fully saturated rings. The minimum atomic E-state index is -0.613. The summed E-state index contributed by atoms with van der Waals surface area (Å²) in [6.45, 7) is 3.84. The van der Waals surface area contributed by atoms with E-state index in [4.69, 9.17) is 11.6 Å². The van der Waals surface area contributed by atoms with Gasteiger partial charge in [0.1, 0.15) is 6.10 Å². The predicted molar refractivity (Wildman–Crippen MR) is 67.1 cm³/mol. The van der Waals surface area contributed by atoms with E-state index in [2.05, 4.69) is 4.98 Å². The lowest BCUT2D eigenvalue weighted by atomic mass is 10.1. The van der Waals surface area contributed by atoms with Gasteiger partial charge in [0.2, 0.25) is 0 Å². The van der Waals surface area contributed by atoms with E-state index >= 15 is 0 Å². The zero-order valence-electron chi connectivity index (χ0n) is 9.07. The van der Waals surface area contributed by atoms with E-state index in [0.717, 1.165) is 21.8 Å². The Hall–Kier alpha value is -0.900. The van der Waals surface area contributed by atoms with Gasteiger partial charge in [-0.15, -0.1) is 11.3 Å². The summed E-state index contributed by atoms with van der Waals surface area (Å²) in [6, 6.07) is 7.44. The van der Waals surface area contributed by atoms with E-state index in [9.17, 15) is 5.11 Å². The average molecular weight is 254 g/mol. The number of aliphatic hydroxyl groups excluding tert-OH is 1. The largest absolute Gasteiger partial charge is 0.383 e. The highest BCUT2D eigenvalue weighted by Crippen LogP contribution is 2.31. The van der Waals surface area contributed by atoms with E-state index in [-0.39, 0.29) is 0 Å². The molecule has 0 saturated carbocycles. The maximum Gasteiger partial charge on any atom is 0.113 e. The third kappa shape index (κ3) is 2.43. The molecule has 2 aromatic heterocycles. The van der Waals surface area contributed by atoms with Gasteiger partial charge in [0.25, 0.3) is 0 Å². The van der Waals surface area contributed by atoms with Gasteiger partial charge in [0, 0.05) is 16.3 Å². The number of nitrogens with zero attached hydrogens (tertiary/aromatic N) is 1. The molecule has 0 saturated heterocycles. The fourth-order valence-corrected chi connectivity index (χ4v) is 2.74. The van der Waals surface area contributed by atoms with Crippen molar-refractivity contribution in [3.63, 3.8) is 0 Å². The summed E-state index contributed by atoms with van der Waals surface area (Å²) >= 11 is 7.25. The van der Waals surface area contributed by atoms with Crippen molar-refractivity contribution < 1.29 is 5.11 Å². The van der Waals surface area contributed by atoms with Crippen LogP contribution in [0.3, 0.4) is 0 Å². The molecule has 0 amide bonds. The van der Waals surface area contributed by atoms with Crippen molar-refractivity contribution in [2.45, 2.75) is 20.0 Å². The Morgan fingerprint density at radius 3 is 2.38 bits per heavy atom. The van der Waals surface area contributed by atoms with Gasteiger partial charge < -0.3 is 5.11 Å². The summed E-state index contributed by atoms with van der Waals surface area (Å²) in [5.74, 6) is 0. The molecule has 2 rings (SSSR count). The smallest absolute Gasteiger partial charge is 0.113 e. The Balaban J connectivity index is 2.37. The second-order valence-electron chi connectivity index (χ2n) is 3.73. The fraction of sp³-hybridized carbons (Fsp3) is 0.250.